The number of benzene rings is 2. The molecule has 1 amide bonds. The van der Waals surface area contributed by atoms with Crippen LogP contribution in [0.25, 0.3) is 0 Å². The van der Waals surface area contributed by atoms with E-state index in [4.69, 9.17) is 4.74 Å². The van der Waals surface area contributed by atoms with E-state index in [1.807, 2.05) is 13.0 Å². The van der Waals surface area contributed by atoms with Crippen molar-refractivity contribution in [3.8, 4) is 0 Å². The first kappa shape index (κ1) is 19.2. The summed E-state index contributed by atoms with van der Waals surface area (Å²) < 4.78 is 30.8. The summed E-state index contributed by atoms with van der Waals surface area (Å²) in [7, 11) is 0. The van der Waals surface area contributed by atoms with Gasteiger partial charge >= 0.3 is 5.97 Å². The Morgan fingerprint density at radius 2 is 1.77 bits per heavy atom. The van der Waals surface area contributed by atoms with Crippen molar-refractivity contribution >= 4 is 17.7 Å². The first-order valence-electron chi connectivity index (χ1n) is 7.80. The van der Waals surface area contributed by atoms with Crippen molar-refractivity contribution < 1.29 is 27.9 Å². The van der Waals surface area contributed by atoms with Crippen LogP contribution in [0.15, 0.2) is 42.5 Å². The molecule has 0 aliphatic rings. The van der Waals surface area contributed by atoms with Crippen LogP contribution in [-0.2, 0) is 9.53 Å². The van der Waals surface area contributed by atoms with Gasteiger partial charge in [-0.3, -0.25) is 9.59 Å². The summed E-state index contributed by atoms with van der Waals surface area (Å²) in [5.41, 5.74) is 1.17. The number of ketones is 1. The van der Waals surface area contributed by atoms with Gasteiger partial charge in [0.25, 0.3) is 5.91 Å². The van der Waals surface area contributed by atoms with E-state index < -0.39 is 41.9 Å². The van der Waals surface area contributed by atoms with Crippen molar-refractivity contribution in [3.05, 3.63) is 70.8 Å². The van der Waals surface area contributed by atoms with Gasteiger partial charge in [0, 0.05) is 11.1 Å². The number of Topliss-reactive ketones (excluding diaryl/α,β-unsaturated/α-hetero) is 1. The van der Waals surface area contributed by atoms with E-state index in [0.717, 1.165) is 23.8 Å². The molecule has 0 heterocycles. The van der Waals surface area contributed by atoms with Crippen molar-refractivity contribution in [2.24, 2.45) is 0 Å². The van der Waals surface area contributed by atoms with Crippen molar-refractivity contribution in [2.45, 2.75) is 19.9 Å². The SMILES string of the molecule is Cc1cccc(C(=O)N[C@@H](C)C(=O)OCC(=O)c2ccc(F)c(F)c2)c1. The Labute approximate surface area is 149 Å². The molecule has 2 aromatic carbocycles. The third kappa shape index (κ3) is 4.95. The zero-order chi connectivity index (χ0) is 19.3. The molecular formula is C19H17F2NO4. The number of carbonyl (C=O) groups excluding carboxylic acids is 3. The fraction of sp³-hybridized carbons (Fsp3) is 0.211. The topological polar surface area (TPSA) is 72.5 Å². The molecule has 0 aromatic heterocycles. The van der Waals surface area contributed by atoms with Crippen LogP contribution in [0.3, 0.4) is 0 Å². The summed E-state index contributed by atoms with van der Waals surface area (Å²) in [4.78, 5) is 35.9. The van der Waals surface area contributed by atoms with Crippen LogP contribution in [0.2, 0.25) is 0 Å². The molecule has 26 heavy (non-hydrogen) atoms. The van der Waals surface area contributed by atoms with Crippen molar-refractivity contribution in [3.63, 3.8) is 0 Å². The lowest BCUT2D eigenvalue weighted by Gasteiger charge is -2.13. The van der Waals surface area contributed by atoms with E-state index in [1.54, 1.807) is 18.2 Å². The highest BCUT2D eigenvalue weighted by atomic mass is 19.2. The summed E-state index contributed by atoms with van der Waals surface area (Å²) in [6, 6.07) is 8.47. The van der Waals surface area contributed by atoms with E-state index in [2.05, 4.69) is 5.32 Å². The first-order valence-corrected chi connectivity index (χ1v) is 7.80. The molecule has 2 aromatic rings. The van der Waals surface area contributed by atoms with Crippen LogP contribution in [-0.4, -0.2) is 30.3 Å². The molecule has 0 saturated heterocycles. The fourth-order valence-electron chi connectivity index (χ4n) is 2.14. The van der Waals surface area contributed by atoms with E-state index in [1.165, 1.54) is 6.92 Å². The minimum absolute atomic E-state index is 0.117. The van der Waals surface area contributed by atoms with Gasteiger partial charge in [0.1, 0.15) is 6.04 Å². The number of halogens is 2. The lowest BCUT2D eigenvalue weighted by molar-refractivity contribution is -0.144. The molecule has 0 bridgehead atoms. The van der Waals surface area contributed by atoms with Gasteiger partial charge in [-0.2, -0.15) is 0 Å². The molecule has 0 aliphatic heterocycles. The summed E-state index contributed by atoms with van der Waals surface area (Å²) in [6.07, 6.45) is 0. The average molecular weight is 361 g/mol. The highest BCUT2D eigenvalue weighted by molar-refractivity contribution is 5.99. The van der Waals surface area contributed by atoms with Crippen molar-refractivity contribution in [1.29, 1.82) is 0 Å². The molecule has 0 saturated carbocycles. The standard InChI is InChI=1S/C19H17F2NO4/c1-11-4-3-5-14(8-11)18(24)22-12(2)19(25)26-10-17(23)13-6-7-15(20)16(21)9-13/h3-9,12H,10H2,1-2H3,(H,22,24)/t12-/m0/s1. The molecule has 136 valence electrons. The van der Waals surface area contributed by atoms with Gasteiger partial charge in [0.05, 0.1) is 0 Å². The highest BCUT2D eigenvalue weighted by Gasteiger charge is 2.20. The van der Waals surface area contributed by atoms with E-state index in [-0.39, 0.29) is 5.56 Å². The Kier molecular flexibility index (Phi) is 6.16. The Morgan fingerprint density at radius 1 is 1.04 bits per heavy atom. The Balaban J connectivity index is 1.89. The summed E-state index contributed by atoms with van der Waals surface area (Å²) >= 11 is 0. The third-order valence-corrected chi connectivity index (χ3v) is 3.57. The maximum atomic E-state index is 13.1. The predicted molar refractivity (Wildman–Crippen MR) is 89.8 cm³/mol. The summed E-state index contributed by atoms with van der Waals surface area (Å²) in [5, 5.41) is 2.47. The third-order valence-electron chi connectivity index (χ3n) is 3.57. The van der Waals surface area contributed by atoms with Crippen LogP contribution >= 0.6 is 0 Å². The maximum Gasteiger partial charge on any atom is 0.328 e. The lowest BCUT2D eigenvalue weighted by Crippen LogP contribution is -2.40. The van der Waals surface area contributed by atoms with Gasteiger partial charge in [0.15, 0.2) is 24.0 Å². The molecule has 1 atom stereocenters. The molecule has 7 heteroatoms. The van der Waals surface area contributed by atoms with Crippen molar-refractivity contribution in [2.75, 3.05) is 6.61 Å². The lowest BCUT2D eigenvalue weighted by atomic mass is 10.1. The Morgan fingerprint density at radius 3 is 2.42 bits per heavy atom. The smallest absolute Gasteiger partial charge is 0.328 e. The van der Waals surface area contributed by atoms with Gasteiger partial charge in [-0.1, -0.05) is 17.7 Å². The van der Waals surface area contributed by atoms with Crippen LogP contribution in [0.5, 0.6) is 0 Å². The van der Waals surface area contributed by atoms with Gasteiger partial charge in [0.2, 0.25) is 0 Å². The molecule has 5 nitrogen and oxygen atoms in total. The molecule has 0 unspecified atom stereocenters. The van der Waals surface area contributed by atoms with Gasteiger partial charge in [-0.05, 0) is 44.2 Å². The maximum absolute atomic E-state index is 13.1. The normalized spacial score (nSPS) is 11.5. The second-order valence-corrected chi connectivity index (χ2v) is 5.72. The van der Waals surface area contributed by atoms with Gasteiger partial charge < -0.3 is 10.1 Å². The molecule has 0 aliphatic carbocycles. The minimum atomic E-state index is -1.17. The number of rotatable bonds is 6. The molecule has 0 radical (unpaired) electrons. The number of amides is 1. The Bertz CT molecular complexity index is 851. The number of ether oxygens (including phenoxy) is 1. The zero-order valence-corrected chi connectivity index (χ0v) is 14.2. The van der Waals surface area contributed by atoms with Crippen molar-refractivity contribution in [1.82, 2.24) is 5.32 Å². The molecular weight excluding hydrogens is 344 g/mol. The summed E-state index contributed by atoms with van der Waals surface area (Å²) in [6.45, 7) is 2.60. The summed E-state index contributed by atoms with van der Waals surface area (Å²) in [5.74, 6) is -4.20. The Hall–Kier alpha value is -3.09. The second-order valence-electron chi connectivity index (χ2n) is 5.72. The van der Waals surface area contributed by atoms with E-state index in [9.17, 15) is 23.2 Å². The van der Waals surface area contributed by atoms with Gasteiger partial charge in [-0.15, -0.1) is 0 Å². The van der Waals surface area contributed by atoms with Crippen LogP contribution in [0.4, 0.5) is 8.78 Å². The van der Waals surface area contributed by atoms with E-state index >= 15 is 0 Å². The highest BCUT2D eigenvalue weighted by Crippen LogP contribution is 2.10. The molecule has 2 rings (SSSR count). The average Bonchev–Trinajstić information content (AvgIpc) is 2.61. The van der Waals surface area contributed by atoms with E-state index in [0.29, 0.717) is 5.56 Å². The number of esters is 1. The van der Waals surface area contributed by atoms with Crippen LogP contribution in [0.1, 0.15) is 33.2 Å². The number of nitrogens with one attached hydrogen (secondary N) is 1. The van der Waals surface area contributed by atoms with Crippen LogP contribution < -0.4 is 5.32 Å². The molecule has 0 fully saturated rings. The largest absolute Gasteiger partial charge is 0.456 e. The quantitative estimate of drug-likeness (QED) is 0.634. The van der Waals surface area contributed by atoms with Gasteiger partial charge in [-0.25, -0.2) is 13.6 Å². The number of carbonyl (C=O) groups is 3. The molecule has 0 spiro atoms. The zero-order valence-electron chi connectivity index (χ0n) is 14.2. The molecule has 1 N–H and O–H groups in total. The fourth-order valence-corrected chi connectivity index (χ4v) is 2.14. The second kappa shape index (κ2) is 8.33. The number of hydrogen-bond donors (Lipinski definition) is 1. The minimum Gasteiger partial charge on any atom is -0.456 e. The predicted octanol–water partition coefficient (Wildman–Crippen LogP) is 2.82. The number of hydrogen-bond acceptors (Lipinski definition) is 4. The monoisotopic (exact) mass is 361 g/mol. The van der Waals surface area contributed by atoms with Crippen LogP contribution in [0, 0.1) is 18.6 Å². The number of aryl methyl sites for hydroxylation is 1. The first-order chi connectivity index (χ1) is 12.3.